The predicted octanol–water partition coefficient (Wildman–Crippen LogP) is 2.43. The molecule has 2 rings (SSSR count). The van der Waals surface area contributed by atoms with Gasteiger partial charge in [-0.2, -0.15) is 0 Å². The van der Waals surface area contributed by atoms with E-state index in [1.807, 2.05) is 11.4 Å². The van der Waals surface area contributed by atoms with E-state index in [0.717, 1.165) is 18.5 Å². The van der Waals surface area contributed by atoms with E-state index in [2.05, 4.69) is 21.7 Å². The Hall–Kier alpha value is -1.40. The normalized spacial score (nSPS) is 10.4. The molecule has 6 heteroatoms. The molecule has 3 N–H and O–H groups in total. The van der Waals surface area contributed by atoms with Gasteiger partial charge in [-0.1, -0.05) is 6.07 Å². The first-order valence-corrected chi connectivity index (χ1v) is 7.49. The second-order valence-electron chi connectivity index (χ2n) is 3.89. The maximum atomic E-state index is 11.6. The summed E-state index contributed by atoms with van der Waals surface area (Å²) in [5.74, 6) is 0.0677. The van der Waals surface area contributed by atoms with Crippen molar-refractivity contribution in [3.63, 3.8) is 0 Å². The van der Waals surface area contributed by atoms with E-state index >= 15 is 0 Å². The van der Waals surface area contributed by atoms with Crippen LogP contribution in [-0.2, 0) is 17.8 Å². The average molecular weight is 281 g/mol. The van der Waals surface area contributed by atoms with E-state index in [9.17, 15) is 4.79 Å². The number of thiophene rings is 1. The third kappa shape index (κ3) is 4.12. The molecule has 0 fully saturated rings. The van der Waals surface area contributed by atoms with Crippen LogP contribution in [0.25, 0.3) is 0 Å². The minimum Gasteiger partial charge on any atom is -0.375 e. The summed E-state index contributed by atoms with van der Waals surface area (Å²) in [7, 11) is 0. The van der Waals surface area contributed by atoms with Crippen molar-refractivity contribution < 1.29 is 4.79 Å². The number of carbonyl (C=O) groups excluding carboxylic acids is 1. The molecule has 4 nitrogen and oxygen atoms in total. The lowest BCUT2D eigenvalue weighted by atomic mass is 10.2. The highest BCUT2D eigenvalue weighted by Gasteiger charge is 2.04. The van der Waals surface area contributed by atoms with Gasteiger partial charge in [0.25, 0.3) is 0 Å². The molecule has 0 saturated heterocycles. The summed E-state index contributed by atoms with van der Waals surface area (Å²) >= 11 is 3.12. The van der Waals surface area contributed by atoms with Gasteiger partial charge in [-0.25, -0.2) is 4.98 Å². The van der Waals surface area contributed by atoms with E-state index in [1.54, 1.807) is 11.3 Å². The molecule has 0 saturated carbocycles. The average Bonchev–Trinajstić information content (AvgIpc) is 2.98. The number of nitrogens with one attached hydrogen (secondary N) is 1. The van der Waals surface area contributed by atoms with Crippen LogP contribution in [0.15, 0.2) is 22.9 Å². The summed E-state index contributed by atoms with van der Waals surface area (Å²) in [5.41, 5.74) is 6.34. The van der Waals surface area contributed by atoms with Gasteiger partial charge in [0.2, 0.25) is 5.91 Å². The number of hydrogen-bond donors (Lipinski definition) is 2. The number of anilines is 1. The number of carbonyl (C=O) groups is 1. The molecule has 96 valence electrons. The number of hydrogen-bond acceptors (Lipinski definition) is 5. The molecule has 2 aromatic heterocycles. The Morgan fingerprint density at radius 2 is 2.33 bits per heavy atom. The van der Waals surface area contributed by atoms with Gasteiger partial charge in [0.1, 0.15) is 0 Å². The van der Waals surface area contributed by atoms with Crippen LogP contribution in [0, 0.1) is 0 Å². The molecule has 0 aliphatic carbocycles. The molecule has 0 bridgehead atoms. The molecular formula is C12H15N3OS2. The van der Waals surface area contributed by atoms with Crippen LogP contribution in [-0.4, -0.2) is 10.9 Å². The summed E-state index contributed by atoms with van der Waals surface area (Å²) < 4.78 is 0. The molecule has 1 amide bonds. The Bertz CT molecular complexity index is 493. The van der Waals surface area contributed by atoms with Crippen LogP contribution >= 0.6 is 22.7 Å². The summed E-state index contributed by atoms with van der Waals surface area (Å²) in [4.78, 5) is 17.0. The number of aryl methyl sites for hydroxylation is 1. The summed E-state index contributed by atoms with van der Waals surface area (Å²) in [6, 6.07) is 4.13. The third-order valence-electron chi connectivity index (χ3n) is 2.44. The summed E-state index contributed by atoms with van der Waals surface area (Å²) in [6.45, 7) is 0.464. The van der Waals surface area contributed by atoms with Crippen LogP contribution in [0.5, 0.6) is 0 Å². The van der Waals surface area contributed by atoms with E-state index in [-0.39, 0.29) is 5.91 Å². The number of nitrogens with two attached hydrogens (primary N) is 1. The zero-order valence-electron chi connectivity index (χ0n) is 9.89. The molecular weight excluding hydrogens is 266 g/mol. The number of aromatic nitrogens is 1. The second-order valence-corrected chi connectivity index (χ2v) is 5.81. The topological polar surface area (TPSA) is 68.0 Å². The van der Waals surface area contributed by atoms with E-state index in [1.165, 1.54) is 16.2 Å². The summed E-state index contributed by atoms with van der Waals surface area (Å²) in [5, 5.41) is 7.30. The lowest BCUT2D eigenvalue weighted by Gasteiger charge is -2.02. The van der Waals surface area contributed by atoms with Gasteiger partial charge in [0.05, 0.1) is 12.2 Å². The van der Waals surface area contributed by atoms with Gasteiger partial charge in [0.15, 0.2) is 5.13 Å². The highest BCUT2D eigenvalue weighted by Crippen LogP contribution is 2.12. The van der Waals surface area contributed by atoms with Gasteiger partial charge < -0.3 is 11.1 Å². The first-order valence-electron chi connectivity index (χ1n) is 5.73. The van der Waals surface area contributed by atoms with Crippen molar-refractivity contribution in [1.82, 2.24) is 10.3 Å². The maximum Gasteiger partial charge on any atom is 0.220 e. The van der Waals surface area contributed by atoms with Gasteiger partial charge in [0, 0.05) is 16.7 Å². The van der Waals surface area contributed by atoms with Crippen molar-refractivity contribution in [2.75, 3.05) is 5.73 Å². The van der Waals surface area contributed by atoms with Gasteiger partial charge in [-0.05, 0) is 24.3 Å². The fraction of sp³-hybridized carbons (Fsp3) is 0.333. The van der Waals surface area contributed by atoms with Crippen LogP contribution in [0.3, 0.4) is 0 Å². The van der Waals surface area contributed by atoms with Gasteiger partial charge in [-0.15, -0.1) is 22.7 Å². The Kier molecular flexibility index (Phi) is 4.72. The lowest BCUT2D eigenvalue weighted by molar-refractivity contribution is -0.121. The Morgan fingerprint density at radius 3 is 3.00 bits per heavy atom. The van der Waals surface area contributed by atoms with Gasteiger partial charge in [-0.3, -0.25) is 4.79 Å². The van der Waals surface area contributed by atoms with Crippen LogP contribution in [0.4, 0.5) is 5.13 Å². The quantitative estimate of drug-likeness (QED) is 0.854. The van der Waals surface area contributed by atoms with Crippen molar-refractivity contribution in [3.8, 4) is 0 Å². The molecule has 2 aromatic rings. The van der Waals surface area contributed by atoms with Crippen molar-refractivity contribution >= 4 is 33.7 Å². The van der Waals surface area contributed by atoms with E-state index in [0.29, 0.717) is 18.1 Å². The summed E-state index contributed by atoms with van der Waals surface area (Å²) in [6.07, 6.45) is 2.40. The SMILES string of the molecule is Nc1nc(CNC(=O)CCCc2cccs2)cs1. The Labute approximate surface area is 114 Å². The van der Waals surface area contributed by atoms with E-state index in [4.69, 9.17) is 5.73 Å². The number of nitrogen functional groups attached to an aromatic ring is 1. The van der Waals surface area contributed by atoms with Gasteiger partial charge >= 0.3 is 0 Å². The fourth-order valence-electron chi connectivity index (χ4n) is 1.56. The zero-order chi connectivity index (χ0) is 12.8. The van der Waals surface area contributed by atoms with Crippen molar-refractivity contribution in [2.45, 2.75) is 25.8 Å². The lowest BCUT2D eigenvalue weighted by Crippen LogP contribution is -2.22. The molecule has 0 aliphatic rings. The number of amides is 1. The Morgan fingerprint density at radius 1 is 1.44 bits per heavy atom. The number of thiazole rings is 1. The molecule has 0 atom stereocenters. The van der Waals surface area contributed by atoms with Crippen molar-refractivity contribution in [1.29, 1.82) is 0 Å². The first-order chi connectivity index (χ1) is 8.74. The number of rotatable bonds is 6. The smallest absolute Gasteiger partial charge is 0.220 e. The largest absolute Gasteiger partial charge is 0.375 e. The highest BCUT2D eigenvalue weighted by atomic mass is 32.1. The molecule has 2 heterocycles. The standard InChI is InChI=1S/C12H15N3OS2/c13-12-15-9(8-18-12)7-14-11(16)5-1-3-10-4-2-6-17-10/h2,4,6,8H,1,3,5,7H2,(H2,13,15)(H,14,16). The fourth-order valence-corrected chi connectivity index (χ4v) is 2.87. The molecule has 0 unspecified atom stereocenters. The monoisotopic (exact) mass is 281 g/mol. The van der Waals surface area contributed by atoms with Crippen LogP contribution in [0.2, 0.25) is 0 Å². The second kappa shape index (κ2) is 6.51. The maximum absolute atomic E-state index is 11.6. The first kappa shape index (κ1) is 13.0. The third-order valence-corrected chi connectivity index (χ3v) is 4.10. The molecule has 0 radical (unpaired) electrons. The van der Waals surface area contributed by atoms with Crippen molar-refractivity contribution in [2.24, 2.45) is 0 Å². The molecule has 18 heavy (non-hydrogen) atoms. The zero-order valence-corrected chi connectivity index (χ0v) is 11.5. The minimum atomic E-state index is 0.0677. The molecule has 0 aromatic carbocycles. The van der Waals surface area contributed by atoms with Crippen LogP contribution < -0.4 is 11.1 Å². The highest BCUT2D eigenvalue weighted by molar-refractivity contribution is 7.13. The van der Waals surface area contributed by atoms with Crippen LogP contribution in [0.1, 0.15) is 23.4 Å². The molecule has 0 spiro atoms. The minimum absolute atomic E-state index is 0.0677. The van der Waals surface area contributed by atoms with Crippen molar-refractivity contribution in [3.05, 3.63) is 33.5 Å². The Balaban J connectivity index is 1.63. The van der Waals surface area contributed by atoms with E-state index < -0.39 is 0 Å². The predicted molar refractivity (Wildman–Crippen MR) is 75.6 cm³/mol. The molecule has 0 aliphatic heterocycles. The number of nitrogens with zero attached hydrogens (tertiary/aromatic N) is 1.